The zero-order valence-electron chi connectivity index (χ0n) is 11.5. The highest BCUT2D eigenvalue weighted by atomic mass is 32.1. The van der Waals surface area contributed by atoms with E-state index >= 15 is 0 Å². The predicted octanol–water partition coefficient (Wildman–Crippen LogP) is 3.79. The fraction of sp³-hybridized carbons (Fsp3) is 0.571. The molecule has 2 aromatic rings. The second-order valence-corrected chi connectivity index (χ2v) is 6.44. The molecule has 1 aliphatic rings. The molecule has 0 radical (unpaired) electrons. The van der Waals surface area contributed by atoms with Crippen LogP contribution < -0.4 is 10.6 Å². The minimum absolute atomic E-state index is 0.566. The molecular formula is C14H20N4S. The smallest absolute Gasteiger partial charge is 0.225 e. The van der Waals surface area contributed by atoms with Crippen molar-refractivity contribution in [2.45, 2.75) is 45.1 Å². The normalized spacial score (nSPS) is 16.7. The van der Waals surface area contributed by atoms with Crippen LogP contribution >= 0.6 is 11.3 Å². The summed E-state index contributed by atoms with van der Waals surface area (Å²) in [7, 11) is 1.87. The van der Waals surface area contributed by atoms with Crippen LogP contribution in [0.2, 0.25) is 0 Å². The van der Waals surface area contributed by atoms with Crippen LogP contribution in [0, 0.1) is 6.92 Å². The van der Waals surface area contributed by atoms with Gasteiger partial charge >= 0.3 is 0 Å². The van der Waals surface area contributed by atoms with E-state index in [0.29, 0.717) is 12.0 Å². The van der Waals surface area contributed by atoms with E-state index < -0.39 is 0 Å². The third kappa shape index (κ3) is 2.66. The lowest BCUT2D eigenvalue weighted by molar-refractivity contribution is 0.462. The number of aryl methyl sites for hydroxylation is 1. The van der Waals surface area contributed by atoms with E-state index in [9.17, 15) is 0 Å². The summed E-state index contributed by atoms with van der Waals surface area (Å²) in [5.74, 6) is 1.69. The molecule has 0 aromatic carbocycles. The van der Waals surface area contributed by atoms with Crippen molar-refractivity contribution in [1.82, 2.24) is 9.97 Å². The number of hydrogen-bond donors (Lipinski definition) is 2. The first-order valence-corrected chi connectivity index (χ1v) is 7.80. The Labute approximate surface area is 117 Å². The van der Waals surface area contributed by atoms with Gasteiger partial charge in [0.15, 0.2) is 0 Å². The molecule has 0 atom stereocenters. The Morgan fingerprint density at radius 2 is 2.00 bits per heavy atom. The summed E-state index contributed by atoms with van der Waals surface area (Å²) < 4.78 is 0. The number of aromatic nitrogens is 2. The molecule has 19 heavy (non-hydrogen) atoms. The predicted molar refractivity (Wildman–Crippen MR) is 82.2 cm³/mol. The molecule has 0 amide bonds. The second kappa shape index (κ2) is 5.33. The van der Waals surface area contributed by atoms with E-state index in [-0.39, 0.29) is 0 Å². The maximum absolute atomic E-state index is 4.60. The number of fused-ring (bicyclic) bond motifs is 1. The maximum Gasteiger partial charge on any atom is 0.225 e. The average molecular weight is 276 g/mol. The van der Waals surface area contributed by atoms with Gasteiger partial charge in [-0.15, -0.1) is 11.3 Å². The molecule has 0 aliphatic heterocycles. The van der Waals surface area contributed by atoms with Gasteiger partial charge in [-0.3, -0.25) is 0 Å². The molecule has 0 spiro atoms. The van der Waals surface area contributed by atoms with E-state index in [1.54, 1.807) is 11.3 Å². The highest BCUT2D eigenvalue weighted by Gasteiger charge is 2.16. The van der Waals surface area contributed by atoms with Crippen LogP contribution in [0.4, 0.5) is 11.8 Å². The minimum atomic E-state index is 0.566. The number of rotatable bonds is 3. The summed E-state index contributed by atoms with van der Waals surface area (Å²) in [5.41, 5.74) is 0. The third-order valence-corrected chi connectivity index (χ3v) is 4.63. The number of nitrogens with one attached hydrogen (secondary N) is 2. The van der Waals surface area contributed by atoms with Gasteiger partial charge in [0.25, 0.3) is 0 Å². The molecule has 1 fully saturated rings. The zero-order valence-corrected chi connectivity index (χ0v) is 12.3. The quantitative estimate of drug-likeness (QED) is 0.895. The van der Waals surface area contributed by atoms with Crippen LogP contribution in [-0.4, -0.2) is 23.1 Å². The summed E-state index contributed by atoms with van der Waals surface area (Å²) in [6, 6.07) is 2.75. The molecule has 0 saturated heterocycles. The van der Waals surface area contributed by atoms with Gasteiger partial charge in [-0.1, -0.05) is 19.3 Å². The van der Waals surface area contributed by atoms with Crippen molar-refractivity contribution in [2.75, 3.05) is 17.7 Å². The molecular weight excluding hydrogens is 256 g/mol. The maximum atomic E-state index is 4.60. The van der Waals surface area contributed by atoms with Crippen LogP contribution in [0.25, 0.3) is 10.2 Å². The molecule has 2 N–H and O–H groups in total. The first kappa shape index (κ1) is 12.7. The molecule has 1 aliphatic carbocycles. The lowest BCUT2D eigenvalue weighted by Crippen LogP contribution is -2.23. The Kier molecular flexibility index (Phi) is 3.55. The second-order valence-electron chi connectivity index (χ2n) is 5.20. The van der Waals surface area contributed by atoms with Gasteiger partial charge in [-0.25, -0.2) is 4.98 Å². The van der Waals surface area contributed by atoms with Gasteiger partial charge in [-0.05, 0) is 25.8 Å². The highest BCUT2D eigenvalue weighted by Crippen LogP contribution is 2.31. The highest BCUT2D eigenvalue weighted by molar-refractivity contribution is 7.18. The van der Waals surface area contributed by atoms with Crippen LogP contribution in [-0.2, 0) is 0 Å². The number of thiophene rings is 1. The number of hydrogen-bond acceptors (Lipinski definition) is 5. The van der Waals surface area contributed by atoms with Gasteiger partial charge in [0.05, 0.1) is 5.39 Å². The standard InChI is InChI=1S/C14H20N4S/c1-9-8-11-12(16-10-6-4-3-5-7-10)17-14(15-2)18-13(11)19-9/h8,10H,3-7H2,1-2H3,(H2,15,16,17,18). The Balaban J connectivity index is 1.95. The van der Waals surface area contributed by atoms with Crippen molar-refractivity contribution in [1.29, 1.82) is 0 Å². The third-order valence-electron chi connectivity index (χ3n) is 3.69. The van der Waals surface area contributed by atoms with Crippen molar-refractivity contribution in [3.05, 3.63) is 10.9 Å². The Bertz CT molecular complexity index is 572. The van der Waals surface area contributed by atoms with E-state index in [1.165, 1.54) is 37.0 Å². The van der Waals surface area contributed by atoms with E-state index in [2.05, 4.69) is 33.6 Å². The molecule has 5 heteroatoms. The van der Waals surface area contributed by atoms with Gasteiger partial charge in [0.2, 0.25) is 5.95 Å². The summed E-state index contributed by atoms with van der Waals surface area (Å²) in [6.45, 7) is 2.12. The van der Waals surface area contributed by atoms with Crippen LogP contribution in [0.1, 0.15) is 37.0 Å². The first-order chi connectivity index (χ1) is 9.26. The van der Waals surface area contributed by atoms with Crippen molar-refractivity contribution in [3.63, 3.8) is 0 Å². The number of nitrogens with zero attached hydrogens (tertiary/aromatic N) is 2. The molecule has 4 nitrogen and oxygen atoms in total. The van der Waals surface area contributed by atoms with Crippen LogP contribution in [0.3, 0.4) is 0 Å². The number of anilines is 2. The monoisotopic (exact) mass is 276 g/mol. The SMILES string of the molecule is CNc1nc(NC2CCCCC2)c2cc(C)sc2n1. The fourth-order valence-electron chi connectivity index (χ4n) is 2.70. The Morgan fingerprint density at radius 1 is 1.21 bits per heavy atom. The Morgan fingerprint density at radius 3 is 2.74 bits per heavy atom. The summed E-state index contributed by atoms with van der Waals surface area (Å²) in [6.07, 6.45) is 6.53. The van der Waals surface area contributed by atoms with E-state index in [0.717, 1.165) is 16.0 Å². The summed E-state index contributed by atoms with van der Waals surface area (Å²) >= 11 is 1.73. The molecule has 3 rings (SSSR count). The molecule has 2 aromatic heterocycles. The van der Waals surface area contributed by atoms with Crippen molar-refractivity contribution in [2.24, 2.45) is 0 Å². The van der Waals surface area contributed by atoms with Gasteiger partial charge in [-0.2, -0.15) is 4.98 Å². The molecule has 1 saturated carbocycles. The summed E-state index contributed by atoms with van der Waals surface area (Å²) in [5, 5.41) is 7.84. The van der Waals surface area contributed by atoms with Crippen molar-refractivity contribution in [3.8, 4) is 0 Å². The first-order valence-electron chi connectivity index (χ1n) is 6.99. The summed E-state index contributed by atoms with van der Waals surface area (Å²) in [4.78, 5) is 11.5. The molecule has 2 heterocycles. The minimum Gasteiger partial charge on any atom is -0.367 e. The van der Waals surface area contributed by atoms with Crippen LogP contribution in [0.15, 0.2) is 6.07 Å². The van der Waals surface area contributed by atoms with Crippen molar-refractivity contribution >= 4 is 33.3 Å². The lowest BCUT2D eigenvalue weighted by Gasteiger charge is -2.23. The topological polar surface area (TPSA) is 49.8 Å². The lowest BCUT2D eigenvalue weighted by atomic mass is 9.95. The zero-order chi connectivity index (χ0) is 13.2. The van der Waals surface area contributed by atoms with Crippen molar-refractivity contribution < 1.29 is 0 Å². The molecule has 102 valence electrons. The fourth-order valence-corrected chi connectivity index (χ4v) is 3.58. The van der Waals surface area contributed by atoms with Gasteiger partial charge < -0.3 is 10.6 Å². The van der Waals surface area contributed by atoms with Crippen LogP contribution in [0.5, 0.6) is 0 Å². The van der Waals surface area contributed by atoms with Gasteiger partial charge in [0, 0.05) is 18.0 Å². The van der Waals surface area contributed by atoms with E-state index in [1.807, 2.05) is 7.05 Å². The average Bonchev–Trinajstić information content (AvgIpc) is 2.80. The van der Waals surface area contributed by atoms with E-state index in [4.69, 9.17) is 0 Å². The molecule has 0 unspecified atom stereocenters. The van der Waals surface area contributed by atoms with Gasteiger partial charge in [0.1, 0.15) is 10.6 Å². The Hall–Kier alpha value is -1.36. The molecule has 0 bridgehead atoms. The largest absolute Gasteiger partial charge is 0.367 e.